The van der Waals surface area contributed by atoms with Crippen molar-refractivity contribution in [2.24, 2.45) is 5.41 Å². The number of rotatable bonds is 5. The molecule has 0 radical (unpaired) electrons. The molecule has 0 aliphatic carbocycles. The number of aliphatic hydroxyl groups excluding tert-OH is 2. The topological polar surface area (TPSA) is 82.9 Å². The summed E-state index contributed by atoms with van der Waals surface area (Å²) in [5, 5.41) is 21.2. The van der Waals surface area contributed by atoms with Crippen LogP contribution in [0, 0.1) is 12.3 Å². The molecule has 6 nitrogen and oxygen atoms in total. The van der Waals surface area contributed by atoms with Gasteiger partial charge in [-0.05, 0) is 38.0 Å². The van der Waals surface area contributed by atoms with Gasteiger partial charge in [0.1, 0.15) is 5.75 Å². The second-order valence-electron chi connectivity index (χ2n) is 7.50. The summed E-state index contributed by atoms with van der Waals surface area (Å²) in [6.45, 7) is 4.60. The van der Waals surface area contributed by atoms with Crippen molar-refractivity contribution < 1.29 is 19.7 Å². The van der Waals surface area contributed by atoms with Crippen molar-refractivity contribution in [3.63, 3.8) is 0 Å². The lowest BCUT2D eigenvalue weighted by Gasteiger charge is -2.45. The van der Waals surface area contributed by atoms with Gasteiger partial charge in [-0.25, -0.2) is 0 Å². The van der Waals surface area contributed by atoms with Crippen molar-refractivity contribution in [1.82, 2.24) is 9.88 Å². The summed E-state index contributed by atoms with van der Waals surface area (Å²) >= 11 is 0. The lowest BCUT2D eigenvalue weighted by Crippen LogP contribution is -2.55. The number of aryl methyl sites for hydroxylation is 1. The summed E-state index contributed by atoms with van der Waals surface area (Å²) in [5.74, 6) is 0.610. The Labute approximate surface area is 159 Å². The van der Waals surface area contributed by atoms with Crippen molar-refractivity contribution >= 4 is 16.8 Å². The first kappa shape index (κ1) is 19.6. The number of likely N-dealkylation sites (tertiary alicyclic amines) is 1. The predicted molar refractivity (Wildman–Crippen MR) is 104 cm³/mol. The van der Waals surface area contributed by atoms with Crippen molar-refractivity contribution in [1.29, 1.82) is 0 Å². The maximum Gasteiger partial charge on any atom is 0.254 e. The zero-order chi connectivity index (χ0) is 19.6. The lowest BCUT2D eigenvalue weighted by atomic mass is 9.74. The van der Waals surface area contributed by atoms with Crippen LogP contribution in [-0.2, 0) is 0 Å². The van der Waals surface area contributed by atoms with Crippen LogP contribution in [-0.4, -0.2) is 58.9 Å². The van der Waals surface area contributed by atoms with Gasteiger partial charge in [0.2, 0.25) is 0 Å². The third kappa shape index (κ3) is 3.64. The number of hydrogen-bond acceptors (Lipinski definition) is 5. The van der Waals surface area contributed by atoms with E-state index >= 15 is 0 Å². The SMILES string of the molecule is CCC[C@@]1(CO)CN(C(=O)c2cc(C)nc3cc(OC)ccc23)CC[C@H]1O. The maximum atomic E-state index is 13.3. The predicted octanol–water partition coefficient (Wildman–Crippen LogP) is 2.54. The first-order valence-corrected chi connectivity index (χ1v) is 9.47. The number of amides is 1. The van der Waals surface area contributed by atoms with Crippen LogP contribution in [0.3, 0.4) is 0 Å². The van der Waals surface area contributed by atoms with E-state index in [1.807, 2.05) is 38.1 Å². The minimum absolute atomic E-state index is 0.0866. The Morgan fingerprint density at radius 3 is 2.85 bits per heavy atom. The van der Waals surface area contributed by atoms with E-state index in [0.717, 1.165) is 23.0 Å². The molecule has 1 aromatic carbocycles. The van der Waals surface area contributed by atoms with E-state index in [0.29, 0.717) is 37.2 Å². The van der Waals surface area contributed by atoms with Crippen LogP contribution in [0.15, 0.2) is 24.3 Å². The fraction of sp³-hybridized carbons (Fsp3) is 0.524. The Bertz CT molecular complexity index is 838. The van der Waals surface area contributed by atoms with E-state index in [9.17, 15) is 15.0 Å². The van der Waals surface area contributed by atoms with E-state index in [4.69, 9.17) is 4.74 Å². The first-order valence-electron chi connectivity index (χ1n) is 9.47. The van der Waals surface area contributed by atoms with Gasteiger partial charge < -0.3 is 19.8 Å². The number of methoxy groups -OCH3 is 1. The van der Waals surface area contributed by atoms with Crippen LogP contribution in [0.4, 0.5) is 0 Å². The number of carbonyl (C=O) groups is 1. The molecule has 3 rings (SSSR count). The average Bonchev–Trinajstić information content (AvgIpc) is 2.68. The molecule has 0 spiro atoms. The maximum absolute atomic E-state index is 13.3. The molecule has 2 heterocycles. The number of aromatic nitrogens is 1. The van der Waals surface area contributed by atoms with Gasteiger partial charge in [-0.2, -0.15) is 0 Å². The molecule has 1 fully saturated rings. The van der Waals surface area contributed by atoms with Gasteiger partial charge in [0.05, 0.1) is 30.9 Å². The average molecular weight is 372 g/mol. The summed E-state index contributed by atoms with van der Waals surface area (Å²) in [7, 11) is 1.60. The molecule has 1 saturated heterocycles. The minimum Gasteiger partial charge on any atom is -0.497 e. The van der Waals surface area contributed by atoms with E-state index in [2.05, 4.69) is 4.98 Å². The van der Waals surface area contributed by atoms with Crippen molar-refractivity contribution in [2.45, 2.75) is 39.2 Å². The molecule has 0 unspecified atom stereocenters. The molecule has 1 amide bonds. The summed E-state index contributed by atoms with van der Waals surface area (Å²) < 4.78 is 5.27. The molecule has 146 valence electrons. The summed E-state index contributed by atoms with van der Waals surface area (Å²) in [6, 6.07) is 7.32. The number of piperidine rings is 1. The van der Waals surface area contributed by atoms with Crippen LogP contribution in [0.1, 0.15) is 42.2 Å². The Hall–Kier alpha value is -2.18. The van der Waals surface area contributed by atoms with Gasteiger partial charge in [0.25, 0.3) is 5.91 Å². The quantitative estimate of drug-likeness (QED) is 0.843. The number of fused-ring (bicyclic) bond motifs is 1. The molecule has 2 N–H and O–H groups in total. The number of ether oxygens (including phenoxy) is 1. The molecule has 1 aromatic heterocycles. The van der Waals surface area contributed by atoms with Crippen LogP contribution in [0.25, 0.3) is 10.9 Å². The number of nitrogens with zero attached hydrogens (tertiary/aromatic N) is 2. The monoisotopic (exact) mass is 372 g/mol. The van der Waals surface area contributed by atoms with Crippen LogP contribution in [0.2, 0.25) is 0 Å². The molecule has 2 atom stereocenters. The Morgan fingerprint density at radius 2 is 2.19 bits per heavy atom. The lowest BCUT2D eigenvalue weighted by molar-refractivity contribution is -0.0719. The fourth-order valence-electron chi connectivity index (χ4n) is 4.12. The molecular weight excluding hydrogens is 344 g/mol. The highest BCUT2D eigenvalue weighted by Crippen LogP contribution is 2.36. The summed E-state index contributed by atoms with van der Waals surface area (Å²) in [4.78, 5) is 19.6. The highest BCUT2D eigenvalue weighted by molar-refractivity contribution is 6.06. The van der Waals surface area contributed by atoms with E-state index in [1.54, 1.807) is 12.0 Å². The second-order valence-corrected chi connectivity index (χ2v) is 7.50. The van der Waals surface area contributed by atoms with E-state index < -0.39 is 11.5 Å². The molecule has 0 saturated carbocycles. The van der Waals surface area contributed by atoms with Crippen molar-refractivity contribution in [2.75, 3.05) is 26.8 Å². The third-order valence-corrected chi connectivity index (χ3v) is 5.61. The van der Waals surface area contributed by atoms with Crippen molar-refractivity contribution in [3.8, 4) is 5.75 Å². The number of aliphatic hydroxyl groups is 2. The highest BCUT2D eigenvalue weighted by Gasteiger charge is 2.43. The van der Waals surface area contributed by atoms with E-state index in [-0.39, 0.29) is 12.5 Å². The number of hydrogen-bond donors (Lipinski definition) is 2. The standard InChI is InChI=1S/C21H28N2O4/c1-4-8-21(13-24)12-23(9-7-19(21)25)20(26)17-10-14(2)22-18-11-15(27-3)5-6-16(17)18/h5-6,10-11,19,24-25H,4,7-9,12-13H2,1-3H3/t19-,21+/m1/s1. The van der Waals surface area contributed by atoms with Gasteiger partial charge in [0, 0.05) is 35.7 Å². The fourth-order valence-corrected chi connectivity index (χ4v) is 4.12. The van der Waals surface area contributed by atoms with Gasteiger partial charge in [-0.15, -0.1) is 0 Å². The zero-order valence-electron chi connectivity index (χ0n) is 16.2. The number of benzene rings is 1. The molecule has 1 aliphatic heterocycles. The molecule has 1 aliphatic rings. The smallest absolute Gasteiger partial charge is 0.254 e. The molecular formula is C21H28N2O4. The van der Waals surface area contributed by atoms with Crippen LogP contribution >= 0.6 is 0 Å². The number of carbonyl (C=O) groups excluding carboxylic acids is 1. The molecule has 27 heavy (non-hydrogen) atoms. The van der Waals surface area contributed by atoms with Gasteiger partial charge in [-0.3, -0.25) is 9.78 Å². The summed E-state index contributed by atoms with van der Waals surface area (Å²) in [5.41, 5.74) is 1.43. The van der Waals surface area contributed by atoms with Crippen LogP contribution < -0.4 is 4.74 Å². The minimum atomic E-state index is -0.649. The van der Waals surface area contributed by atoms with Crippen LogP contribution in [0.5, 0.6) is 5.75 Å². The van der Waals surface area contributed by atoms with Crippen molar-refractivity contribution in [3.05, 3.63) is 35.5 Å². The van der Waals surface area contributed by atoms with Gasteiger partial charge in [-0.1, -0.05) is 13.3 Å². The Kier molecular flexibility index (Phi) is 5.67. The second kappa shape index (κ2) is 7.82. The molecule has 6 heteroatoms. The van der Waals surface area contributed by atoms with Gasteiger partial charge >= 0.3 is 0 Å². The third-order valence-electron chi connectivity index (χ3n) is 5.61. The first-order chi connectivity index (χ1) is 12.9. The molecule has 2 aromatic rings. The Morgan fingerprint density at radius 1 is 1.41 bits per heavy atom. The van der Waals surface area contributed by atoms with E-state index in [1.165, 1.54) is 0 Å². The highest BCUT2D eigenvalue weighted by atomic mass is 16.5. The largest absolute Gasteiger partial charge is 0.497 e. The number of pyridine rings is 1. The van der Waals surface area contributed by atoms with Gasteiger partial charge in [0.15, 0.2) is 0 Å². The Balaban J connectivity index is 1.98. The normalized spacial score (nSPS) is 22.9. The molecule has 0 bridgehead atoms. The summed E-state index contributed by atoms with van der Waals surface area (Å²) in [6.07, 6.45) is 1.41. The zero-order valence-corrected chi connectivity index (χ0v) is 16.2.